The van der Waals surface area contributed by atoms with Crippen molar-refractivity contribution >= 4 is 40.6 Å². The molecule has 0 fully saturated rings. The first-order valence-electron chi connectivity index (χ1n) is 5.39. The molecule has 2 aromatic rings. The van der Waals surface area contributed by atoms with Gasteiger partial charge < -0.3 is 0 Å². The number of hydrogen-bond donors (Lipinski definition) is 0. The Labute approximate surface area is 124 Å². The molecule has 0 atom stereocenters. The van der Waals surface area contributed by atoms with Crippen molar-refractivity contribution in [3.63, 3.8) is 0 Å². The number of hydrogen-bond acceptors (Lipinski definition) is 1. The molecule has 0 bridgehead atoms. The van der Waals surface area contributed by atoms with Crippen LogP contribution < -0.4 is 0 Å². The summed E-state index contributed by atoms with van der Waals surface area (Å²) in [5.74, 6) is -0.951. The van der Waals surface area contributed by atoms with Crippen molar-refractivity contribution in [2.24, 2.45) is 0 Å². The summed E-state index contributed by atoms with van der Waals surface area (Å²) in [5.41, 5.74) is 0.636. The van der Waals surface area contributed by atoms with Crippen molar-refractivity contribution < 1.29 is 9.18 Å². The first-order chi connectivity index (χ1) is 8.97. The molecule has 5 heteroatoms. The summed E-state index contributed by atoms with van der Waals surface area (Å²) in [5, 5.41) is 1.09. The van der Waals surface area contributed by atoms with E-state index in [1.54, 1.807) is 18.2 Å². The predicted molar refractivity (Wildman–Crippen MR) is 75.9 cm³/mol. The lowest BCUT2D eigenvalue weighted by molar-refractivity contribution is 0.0989. The Morgan fingerprint density at radius 2 is 1.74 bits per heavy atom. The van der Waals surface area contributed by atoms with Crippen LogP contribution in [0.3, 0.4) is 0 Å². The molecule has 0 aliphatic heterocycles. The van der Waals surface area contributed by atoms with Gasteiger partial charge in [0, 0.05) is 11.4 Å². The van der Waals surface area contributed by atoms with Crippen LogP contribution in [0, 0.1) is 5.82 Å². The van der Waals surface area contributed by atoms with Gasteiger partial charge in [-0.05, 0) is 35.9 Å². The number of carbonyl (C=O) groups is 1. The summed E-state index contributed by atoms with van der Waals surface area (Å²) in [4.78, 5) is 12.0. The maximum absolute atomic E-state index is 13.5. The SMILES string of the molecule is O=C(Cc1ccc(Cl)c(Cl)c1)c1cc(Cl)ccc1F. The highest BCUT2D eigenvalue weighted by Crippen LogP contribution is 2.24. The van der Waals surface area contributed by atoms with Crippen LogP contribution in [-0.4, -0.2) is 5.78 Å². The van der Waals surface area contributed by atoms with E-state index >= 15 is 0 Å². The Kier molecular flexibility index (Phi) is 4.46. The van der Waals surface area contributed by atoms with Gasteiger partial charge in [-0.1, -0.05) is 40.9 Å². The summed E-state index contributed by atoms with van der Waals surface area (Å²) in [6.07, 6.45) is 0.0359. The Morgan fingerprint density at radius 1 is 1.00 bits per heavy atom. The van der Waals surface area contributed by atoms with Crippen molar-refractivity contribution in [1.29, 1.82) is 0 Å². The van der Waals surface area contributed by atoms with E-state index in [9.17, 15) is 9.18 Å². The fourth-order valence-corrected chi connectivity index (χ4v) is 2.13. The third-order valence-corrected chi connectivity index (χ3v) is 3.55. The van der Waals surface area contributed by atoms with Crippen LogP contribution in [0.2, 0.25) is 15.1 Å². The van der Waals surface area contributed by atoms with E-state index in [1.165, 1.54) is 18.2 Å². The van der Waals surface area contributed by atoms with Gasteiger partial charge in [-0.3, -0.25) is 4.79 Å². The summed E-state index contributed by atoms with van der Waals surface area (Å²) in [6, 6.07) is 8.74. The van der Waals surface area contributed by atoms with E-state index in [2.05, 4.69) is 0 Å². The molecule has 2 aromatic carbocycles. The molecule has 0 aliphatic carbocycles. The Morgan fingerprint density at radius 3 is 2.42 bits per heavy atom. The van der Waals surface area contributed by atoms with E-state index < -0.39 is 5.82 Å². The van der Waals surface area contributed by atoms with Crippen LogP contribution in [0.1, 0.15) is 15.9 Å². The number of Topliss-reactive ketones (excluding diaryl/α,β-unsaturated/α-hetero) is 1. The van der Waals surface area contributed by atoms with E-state index in [-0.39, 0.29) is 17.8 Å². The minimum atomic E-state index is -0.588. The van der Waals surface area contributed by atoms with Gasteiger partial charge in [0.2, 0.25) is 0 Å². The molecule has 0 saturated carbocycles. The monoisotopic (exact) mass is 316 g/mol. The van der Waals surface area contributed by atoms with Gasteiger partial charge in [0.25, 0.3) is 0 Å². The molecule has 0 unspecified atom stereocenters. The molecule has 0 radical (unpaired) electrons. The lowest BCUT2D eigenvalue weighted by Crippen LogP contribution is -2.06. The van der Waals surface area contributed by atoms with Crippen LogP contribution in [-0.2, 0) is 6.42 Å². The number of benzene rings is 2. The summed E-state index contributed by atoms with van der Waals surface area (Å²) in [6.45, 7) is 0. The number of carbonyl (C=O) groups excluding carboxylic acids is 1. The fraction of sp³-hybridized carbons (Fsp3) is 0.0714. The van der Waals surface area contributed by atoms with Gasteiger partial charge in [0.1, 0.15) is 5.82 Å². The lowest BCUT2D eigenvalue weighted by atomic mass is 10.0. The van der Waals surface area contributed by atoms with Crippen LogP contribution in [0.25, 0.3) is 0 Å². The maximum Gasteiger partial charge on any atom is 0.170 e. The van der Waals surface area contributed by atoms with Gasteiger partial charge in [0.05, 0.1) is 15.6 Å². The third kappa shape index (κ3) is 3.47. The van der Waals surface area contributed by atoms with Crippen LogP contribution in [0.4, 0.5) is 4.39 Å². The van der Waals surface area contributed by atoms with Gasteiger partial charge in [-0.25, -0.2) is 4.39 Å². The van der Waals surface area contributed by atoms with Gasteiger partial charge in [-0.15, -0.1) is 0 Å². The molecule has 0 N–H and O–H groups in total. The van der Waals surface area contributed by atoms with Crippen molar-refractivity contribution in [2.45, 2.75) is 6.42 Å². The molecule has 19 heavy (non-hydrogen) atoms. The highest BCUT2D eigenvalue weighted by atomic mass is 35.5. The zero-order valence-electron chi connectivity index (χ0n) is 9.59. The Hall–Kier alpha value is -1.09. The molecule has 0 amide bonds. The maximum atomic E-state index is 13.5. The molecule has 0 saturated heterocycles. The molecule has 0 heterocycles. The molecule has 0 spiro atoms. The van der Waals surface area contributed by atoms with Gasteiger partial charge in [0.15, 0.2) is 5.78 Å². The van der Waals surface area contributed by atoms with Crippen molar-refractivity contribution in [2.75, 3.05) is 0 Å². The zero-order chi connectivity index (χ0) is 14.0. The topological polar surface area (TPSA) is 17.1 Å². The molecule has 98 valence electrons. The molecule has 0 aromatic heterocycles. The van der Waals surface area contributed by atoms with E-state index in [1.807, 2.05) is 0 Å². The molecule has 1 nitrogen and oxygen atoms in total. The van der Waals surface area contributed by atoms with Crippen molar-refractivity contribution in [1.82, 2.24) is 0 Å². The molecular formula is C14H8Cl3FO. The minimum absolute atomic E-state index is 0.0291. The lowest BCUT2D eigenvalue weighted by Gasteiger charge is -2.05. The van der Waals surface area contributed by atoms with Crippen molar-refractivity contribution in [3.05, 3.63) is 68.4 Å². The number of rotatable bonds is 3. The first kappa shape index (κ1) is 14.3. The summed E-state index contributed by atoms with van der Waals surface area (Å²) < 4.78 is 13.5. The number of halogens is 4. The first-order valence-corrected chi connectivity index (χ1v) is 6.53. The zero-order valence-corrected chi connectivity index (χ0v) is 11.9. The van der Waals surface area contributed by atoms with E-state index in [0.29, 0.717) is 20.6 Å². The van der Waals surface area contributed by atoms with Crippen LogP contribution in [0.5, 0.6) is 0 Å². The molecule has 2 rings (SSSR count). The van der Waals surface area contributed by atoms with E-state index in [4.69, 9.17) is 34.8 Å². The predicted octanol–water partition coefficient (Wildman–Crippen LogP) is 5.21. The fourth-order valence-electron chi connectivity index (χ4n) is 1.64. The standard InChI is InChI=1S/C14H8Cl3FO/c15-9-2-4-13(18)10(7-9)14(19)6-8-1-3-11(16)12(17)5-8/h1-5,7H,6H2. The van der Waals surface area contributed by atoms with Gasteiger partial charge >= 0.3 is 0 Å². The smallest absolute Gasteiger partial charge is 0.170 e. The Balaban J connectivity index is 2.25. The van der Waals surface area contributed by atoms with Crippen LogP contribution >= 0.6 is 34.8 Å². The largest absolute Gasteiger partial charge is 0.294 e. The minimum Gasteiger partial charge on any atom is -0.294 e. The quantitative estimate of drug-likeness (QED) is 0.710. The second kappa shape index (κ2) is 5.91. The molecule has 0 aliphatic rings. The second-order valence-corrected chi connectivity index (χ2v) is 5.22. The molecular weight excluding hydrogens is 310 g/mol. The van der Waals surface area contributed by atoms with Gasteiger partial charge in [-0.2, -0.15) is 0 Å². The summed E-state index contributed by atoms with van der Waals surface area (Å²) >= 11 is 17.4. The average molecular weight is 318 g/mol. The number of ketones is 1. The van der Waals surface area contributed by atoms with E-state index in [0.717, 1.165) is 0 Å². The highest BCUT2D eigenvalue weighted by molar-refractivity contribution is 6.42. The summed E-state index contributed by atoms with van der Waals surface area (Å²) in [7, 11) is 0. The second-order valence-electron chi connectivity index (χ2n) is 3.97. The highest BCUT2D eigenvalue weighted by Gasteiger charge is 2.13. The average Bonchev–Trinajstić information content (AvgIpc) is 2.36. The van der Waals surface area contributed by atoms with Crippen molar-refractivity contribution in [3.8, 4) is 0 Å². The Bertz CT molecular complexity index is 641. The normalized spacial score (nSPS) is 10.5. The third-order valence-electron chi connectivity index (χ3n) is 2.58. The van der Waals surface area contributed by atoms with Crippen LogP contribution in [0.15, 0.2) is 36.4 Å².